The molecule has 0 bridgehead atoms. The fourth-order valence-corrected chi connectivity index (χ4v) is 1.76. The second-order valence-corrected chi connectivity index (χ2v) is 4.67. The van der Waals surface area contributed by atoms with E-state index in [0.717, 1.165) is 17.9 Å². The van der Waals surface area contributed by atoms with E-state index in [-0.39, 0.29) is 81.3 Å². The summed E-state index contributed by atoms with van der Waals surface area (Å²) in [6.45, 7) is 7.95. The van der Waals surface area contributed by atoms with Gasteiger partial charge in [0.1, 0.15) is 11.5 Å². The summed E-state index contributed by atoms with van der Waals surface area (Å²) >= 11 is 0. The van der Waals surface area contributed by atoms with Crippen LogP contribution in [-0.4, -0.2) is 12.4 Å². The van der Waals surface area contributed by atoms with Crippen molar-refractivity contribution in [3.63, 3.8) is 0 Å². The number of benzene rings is 1. The van der Waals surface area contributed by atoms with E-state index in [9.17, 15) is 0 Å². The third-order valence-electron chi connectivity index (χ3n) is 2.47. The third kappa shape index (κ3) is 5.45. The van der Waals surface area contributed by atoms with E-state index < -0.39 is 0 Å². The first-order valence-electron chi connectivity index (χ1n) is 6.05. The molecule has 1 unspecified atom stereocenters. The van der Waals surface area contributed by atoms with Gasteiger partial charge >= 0.3 is 68.9 Å². The molecule has 2 rings (SSSR count). The van der Waals surface area contributed by atoms with Gasteiger partial charge in [-0.3, -0.25) is 0 Å². The Bertz CT molecular complexity index is 368. The molecule has 3 nitrogen and oxygen atoms in total. The summed E-state index contributed by atoms with van der Waals surface area (Å²) in [6.07, 6.45) is 0.899. The van der Waals surface area contributed by atoms with E-state index in [2.05, 4.69) is 6.92 Å². The zero-order valence-electron chi connectivity index (χ0n) is 11.6. The molecule has 0 aromatic heterocycles. The van der Waals surface area contributed by atoms with Crippen LogP contribution in [0.15, 0.2) is 24.3 Å². The van der Waals surface area contributed by atoms with Crippen LogP contribution >= 0.6 is 0 Å². The monoisotopic (exact) mass is 368 g/mol. The van der Waals surface area contributed by atoms with Crippen molar-refractivity contribution in [2.75, 3.05) is 0 Å². The predicted octanol–water partition coefficient (Wildman–Crippen LogP) is 0.401. The van der Waals surface area contributed by atoms with Crippen molar-refractivity contribution < 1.29 is 83.1 Å². The number of hydrogen-bond donors (Lipinski definition) is 0. The van der Waals surface area contributed by atoms with Gasteiger partial charge in [-0.05, 0) is 32.4 Å². The summed E-state index contributed by atoms with van der Waals surface area (Å²) in [7, 11) is 0. The van der Waals surface area contributed by atoms with Gasteiger partial charge in [-0.15, -0.1) is 5.92 Å². The van der Waals surface area contributed by atoms with Crippen molar-refractivity contribution in [2.45, 2.75) is 39.6 Å². The summed E-state index contributed by atoms with van der Waals surface area (Å²) in [5, 5.41) is 0. The van der Waals surface area contributed by atoms with Gasteiger partial charge in [-0.1, -0.05) is 13.0 Å². The Morgan fingerprint density at radius 3 is 2.67 bits per heavy atom. The van der Waals surface area contributed by atoms with Gasteiger partial charge < -0.3 is 14.2 Å². The van der Waals surface area contributed by atoms with Crippen molar-refractivity contribution in [1.29, 1.82) is 0 Å². The smallest absolute Gasteiger partial charge is 0.520 e. The normalized spacial score (nSPS) is 22.7. The zero-order chi connectivity index (χ0) is 12.3. The second-order valence-electron chi connectivity index (χ2n) is 4.67. The van der Waals surface area contributed by atoms with Gasteiger partial charge in [0.25, 0.3) is 0 Å². The summed E-state index contributed by atoms with van der Waals surface area (Å²) < 4.78 is 16.7. The first-order valence-corrected chi connectivity index (χ1v) is 6.05. The van der Waals surface area contributed by atoms with Crippen LogP contribution in [0.25, 0.3) is 0 Å². The average molecular weight is 368 g/mol. The fraction of sp³-hybridized carbons (Fsp3) is 0.500. The van der Waals surface area contributed by atoms with Crippen molar-refractivity contribution in [2.24, 2.45) is 5.92 Å². The Morgan fingerprint density at radius 1 is 1.33 bits per heavy atom. The van der Waals surface area contributed by atoms with Crippen LogP contribution in [0.4, 0.5) is 0 Å². The van der Waals surface area contributed by atoms with E-state index in [1.54, 1.807) is 0 Å². The van der Waals surface area contributed by atoms with Gasteiger partial charge in [-0.25, -0.2) is 6.61 Å². The van der Waals surface area contributed by atoms with Crippen molar-refractivity contribution >= 4 is 0 Å². The molecule has 1 fully saturated rings. The first kappa shape index (κ1) is 16.9. The molecule has 0 aliphatic carbocycles. The van der Waals surface area contributed by atoms with Gasteiger partial charge in [0.2, 0.25) is 0 Å². The molecular formula is C14H19CsO3. The molecule has 0 spiro atoms. The Labute approximate surface area is 168 Å². The summed E-state index contributed by atoms with van der Waals surface area (Å²) in [5.74, 6) is 2.07. The molecule has 2 atom stereocenters. The molecule has 1 aliphatic heterocycles. The topological polar surface area (TPSA) is 27.7 Å². The maximum Gasteiger partial charge on any atom is 1.00 e. The molecular weight excluding hydrogens is 349 g/mol. The van der Waals surface area contributed by atoms with Crippen molar-refractivity contribution in [3.8, 4) is 11.5 Å². The molecule has 1 heterocycles. The van der Waals surface area contributed by atoms with Crippen LogP contribution in [0.3, 0.4) is 0 Å². The largest absolute Gasteiger partial charge is 1.00 e. The van der Waals surface area contributed by atoms with Crippen LogP contribution in [0.5, 0.6) is 11.5 Å². The molecule has 94 valence electrons. The fourth-order valence-electron chi connectivity index (χ4n) is 1.76. The molecule has 0 N–H and O–H groups in total. The number of rotatable bonds is 4. The molecule has 1 aliphatic rings. The minimum absolute atomic E-state index is 0. The maximum absolute atomic E-state index is 5.73. The quantitative estimate of drug-likeness (QED) is 0.721. The van der Waals surface area contributed by atoms with Crippen molar-refractivity contribution in [1.82, 2.24) is 0 Å². The first-order chi connectivity index (χ1) is 8.13. The van der Waals surface area contributed by atoms with Crippen LogP contribution < -0.4 is 78.4 Å². The van der Waals surface area contributed by atoms with Crippen LogP contribution in [0.1, 0.15) is 27.2 Å². The molecule has 0 radical (unpaired) electrons. The predicted molar refractivity (Wildman–Crippen MR) is 65.8 cm³/mol. The molecule has 18 heavy (non-hydrogen) atoms. The molecule has 1 aromatic carbocycles. The van der Waals surface area contributed by atoms with E-state index in [1.807, 2.05) is 44.7 Å². The Hall–Kier alpha value is 0.832. The molecule has 0 amide bonds. The summed E-state index contributed by atoms with van der Waals surface area (Å²) in [5.41, 5.74) is 0. The van der Waals surface area contributed by atoms with Crippen LogP contribution in [0, 0.1) is 12.5 Å². The van der Waals surface area contributed by atoms with Gasteiger partial charge in [0, 0.05) is 6.07 Å². The second kappa shape index (κ2) is 8.19. The number of ether oxygens (including phenoxy) is 3. The molecule has 1 saturated heterocycles. The van der Waals surface area contributed by atoms with E-state index >= 15 is 0 Å². The van der Waals surface area contributed by atoms with E-state index in [4.69, 9.17) is 14.2 Å². The van der Waals surface area contributed by atoms with Crippen LogP contribution in [0.2, 0.25) is 0 Å². The van der Waals surface area contributed by atoms with Gasteiger partial charge in [-0.2, -0.15) is 0 Å². The van der Waals surface area contributed by atoms with Gasteiger partial charge in [0.15, 0.2) is 6.29 Å². The number of hydrogen-bond acceptors (Lipinski definition) is 3. The Kier molecular flexibility index (Phi) is 7.69. The standard InChI is InChI=1S/C14H19O3.Cs/c1-10(2)16-12-5-4-6-13(8-12)17-14-7-11(3)9-15-14;/h4-6,8-11,14H,7H2,1-3H3;/q-1;+1/t11-,14?;/m1./s1. The molecule has 0 saturated carbocycles. The SMILES string of the molecule is CC(C)Oc1cccc(OC2C[C@@H](C)[CH-]O2)c1.[Cs+]. The third-order valence-corrected chi connectivity index (χ3v) is 2.47. The summed E-state index contributed by atoms with van der Waals surface area (Å²) in [4.78, 5) is 0. The minimum atomic E-state index is -0.167. The maximum atomic E-state index is 5.73. The zero-order valence-corrected chi connectivity index (χ0v) is 17.8. The molecule has 1 aromatic rings. The van der Waals surface area contributed by atoms with Crippen LogP contribution in [-0.2, 0) is 4.74 Å². The average Bonchev–Trinajstić information content (AvgIpc) is 2.63. The van der Waals surface area contributed by atoms with E-state index in [0.29, 0.717) is 5.92 Å². The van der Waals surface area contributed by atoms with Gasteiger partial charge in [0.05, 0.1) is 6.10 Å². The Balaban J connectivity index is 0.00000162. The van der Waals surface area contributed by atoms with Crippen molar-refractivity contribution in [3.05, 3.63) is 30.9 Å². The Morgan fingerprint density at radius 2 is 2.06 bits per heavy atom. The molecule has 4 heteroatoms. The minimum Gasteiger partial charge on any atom is -0.520 e. The summed E-state index contributed by atoms with van der Waals surface area (Å²) in [6, 6.07) is 7.66. The van der Waals surface area contributed by atoms with E-state index in [1.165, 1.54) is 0 Å².